The zero-order valence-electron chi connectivity index (χ0n) is 12.7. The molecular formula is C16H31NO. The first-order valence-corrected chi connectivity index (χ1v) is 7.57. The molecule has 1 aliphatic rings. The molecule has 106 valence electrons. The summed E-state index contributed by atoms with van der Waals surface area (Å²) in [5.74, 6) is 1.61. The van der Waals surface area contributed by atoms with Gasteiger partial charge in [0, 0.05) is 6.61 Å². The van der Waals surface area contributed by atoms with Crippen LogP contribution in [0.5, 0.6) is 0 Å². The first-order valence-electron chi connectivity index (χ1n) is 7.57. The van der Waals surface area contributed by atoms with Gasteiger partial charge >= 0.3 is 0 Å². The average molecular weight is 253 g/mol. The number of ether oxygens (including phenoxy) is 1. The van der Waals surface area contributed by atoms with Crippen molar-refractivity contribution in [3.63, 3.8) is 0 Å². The van der Waals surface area contributed by atoms with E-state index in [9.17, 15) is 0 Å². The average Bonchev–Trinajstić information content (AvgIpc) is 2.26. The minimum atomic E-state index is 0.372. The van der Waals surface area contributed by atoms with Crippen LogP contribution >= 0.6 is 0 Å². The van der Waals surface area contributed by atoms with Gasteiger partial charge in [0.05, 0.1) is 6.10 Å². The standard InChI is InChI=1S/C16H31NO/c1-13(2)18-8-6-5-7-17-12-16-10-14(3)9-15(4)11-16/h9,13-14,16-17H,5-8,10-12H2,1-4H3. The monoisotopic (exact) mass is 253 g/mol. The van der Waals surface area contributed by atoms with Gasteiger partial charge in [-0.3, -0.25) is 0 Å². The zero-order valence-corrected chi connectivity index (χ0v) is 12.7. The van der Waals surface area contributed by atoms with Crippen LogP contribution in [0.25, 0.3) is 0 Å². The Morgan fingerprint density at radius 2 is 2.17 bits per heavy atom. The Balaban J connectivity index is 1.97. The Bertz CT molecular complexity index is 247. The number of unbranched alkanes of at least 4 members (excludes halogenated alkanes) is 1. The second-order valence-electron chi connectivity index (χ2n) is 6.13. The topological polar surface area (TPSA) is 21.3 Å². The minimum absolute atomic E-state index is 0.372. The molecule has 2 heteroatoms. The van der Waals surface area contributed by atoms with Crippen molar-refractivity contribution in [1.29, 1.82) is 0 Å². The Hall–Kier alpha value is -0.340. The molecule has 0 saturated heterocycles. The smallest absolute Gasteiger partial charge is 0.0518 e. The van der Waals surface area contributed by atoms with E-state index in [1.54, 1.807) is 5.57 Å². The number of hydrogen-bond acceptors (Lipinski definition) is 2. The SMILES string of the molecule is CC1=CC(C)CC(CNCCCCOC(C)C)C1. The van der Waals surface area contributed by atoms with Gasteiger partial charge in [0.25, 0.3) is 0 Å². The van der Waals surface area contributed by atoms with Gasteiger partial charge in [0.2, 0.25) is 0 Å². The minimum Gasteiger partial charge on any atom is -0.379 e. The summed E-state index contributed by atoms with van der Waals surface area (Å²) in [6, 6.07) is 0. The lowest BCUT2D eigenvalue weighted by Crippen LogP contribution is -2.27. The second-order valence-corrected chi connectivity index (χ2v) is 6.13. The highest BCUT2D eigenvalue weighted by molar-refractivity contribution is 5.06. The zero-order chi connectivity index (χ0) is 13.4. The molecule has 0 heterocycles. The predicted octanol–water partition coefficient (Wildman–Crippen LogP) is 3.77. The Morgan fingerprint density at radius 1 is 1.39 bits per heavy atom. The third kappa shape index (κ3) is 7.17. The van der Waals surface area contributed by atoms with Crippen LogP contribution < -0.4 is 5.32 Å². The van der Waals surface area contributed by atoms with Crippen molar-refractivity contribution < 1.29 is 4.74 Å². The van der Waals surface area contributed by atoms with Crippen LogP contribution in [0.3, 0.4) is 0 Å². The molecular weight excluding hydrogens is 222 g/mol. The number of allylic oxidation sites excluding steroid dienone is 2. The molecule has 0 fully saturated rings. The molecule has 1 N–H and O–H groups in total. The molecule has 18 heavy (non-hydrogen) atoms. The quantitative estimate of drug-likeness (QED) is 0.525. The van der Waals surface area contributed by atoms with Gasteiger partial charge in [0.1, 0.15) is 0 Å². The van der Waals surface area contributed by atoms with E-state index in [1.165, 1.54) is 32.2 Å². The predicted molar refractivity (Wildman–Crippen MR) is 78.8 cm³/mol. The highest BCUT2D eigenvalue weighted by Gasteiger charge is 2.17. The summed E-state index contributed by atoms with van der Waals surface area (Å²) in [6.07, 6.45) is 7.83. The van der Waals surface area contributed by atoms with Gasteiger partial charge in [-0.05, 0) is 71.4 Å². The van der Waals surface area contributed by atoms with Crippen LogP contribution in [0.1, 0.15) is 53.4 Å². The van der Waals surface area contributed by atoms with Gasteiger partial charge in [-0.1, -0.05) is 18.6 Å². The van der Waals surface area contributed by atoms with E-state index in [0.29, 0.717) is 6.10 Å². The first kappa shape index (κ1) is 15.7. The fourth-order valence-electron chi connectivity index (χ4n) is 2.82. The molecule has 0 aromatic carbocycles. The van der Waals surface area contributed by atoms with Crippen molar-refractivity contribution in [2.75, 3.05) is 19.7 Å². The van der Waals surface area contributed by atoms with Crippen LogP contribution in [0.2, 0.25) is 0 Å². The van der Waals surface area contributed by atoms with Gasteiger partial charge < -0.3 is 10.1 Å². The highest BCUT2D eigenvalue weighted by atomic mass is 16.5. The Morgan fingerprint density at radius 3 is 2.83 bits per heavy atom. The normalized spacial score (nSPS) is 24.4. The molecule has 0 aliphatic heterocycles. The fourth-order valence-corrected chi connectivity index (χ4v) is 2.82. The summed E-state index contributed by atoms with van der Waals surface area (Å²) in [6.45, 7) is 12.0. The summed E-state index contributed by atoms with van der Waals surface area (Å²) in [4.78, 5) is 0. The highest BCUT2D eigenvalue weighted by Crippen LogP contribution is 2.27. The molecule has 0 aromatic heterocycles. The van der Waals surface area contributed by atoms with Crippen LogP contribution in [0, 0.1) is 11.8 Å². The number of nitrogens with one attached hydrogen (secondary N) is 1. The van der Waals surface area contributed by atoms with Crippen LogP contribution in [-0.2, 0) is 4.74 Å². The van der Waals surface area contributed by atoms with E-state index in [4.69, 9.17) is 4.74 Å². The molecule has 2 nitrogen and oxygen atoms in total. The molecule has 0 saturated carbocycles. The molecule has 2 atom stereocenters. The van der Waals surface area contributed by atoms with E-state index in [0.717, 1.165) is 25.0 Å². The van der Waals surface area contributed by atoms with Crippen LogP contribution in [-0.4, -0.2) is 25.8 Å². The molecule has 2 unspecified atom stereocenters. The summed E-state index contributed by atoms with van der Waals surface area (Å²) in [7, 11) is 0. The maximum Gasteiger partial charge on any atom is 0.0518 e. The van der Waals surface area contributed by atoms with E-state index in [-0.39, 0.29) is 0 Å². The fraction of sp³-hybridized carbons (Fsp3) is 0.875. The molecule has 0 spiro atoms. The molecule has 1 rings (SSSR count). The number of hydrogen-bond donors (Lipinski definition) is 1. The second kappa shape index (κ2) is 8.71. The van der Waals surface area contributed by atoms with Crippen LogP contribution in [0.4, 0.5) is 0 Å². The van der Waals surface area contributed by atoms with Crippen molar-refractivity contribution in [3.05, 3.63) is 11.6 Å². The first-order chi connectivity index (χ1) is 8.58. The van der Waals surface area contributed by atoms with E-state index in [1.807, 2.05) is 0 Å². The van der Waals surface area contributed by atoms with Crippen molar-refractivity contribution in [2.24, 2.45) is 11.8 Å². The third-order valence-corrected chi connectivity index (χ3v) is 3.52. The van der Waals surface area contributed by atoms with Gasteiger partial charge in [0.15, 0.2) is 0 Å². The van der Waals surface area contributed by atoms with Crippen molar-refractivity contribution in [3.8, 4) is 0 Å². The van der Waals surface area contributed by atoms with Gasteiger partial charge in [-0.15, -0.1) is 0 Å². The molecule has 1 aliphatic carbocycles. The lowest BCUT2D eigenvalue weighted by Gasteiger charge is -2.25. The lowest BCUT2D eigenvalue weighted by molar-refractivity contribution is 0.0760. The summed E-state index contributed by atoms with van der Waals surface area (Å²) in [5.41, 5.74) is 1.57. The van der Waals surface area contributed by atoms with Gasteiger partial charge in [-0.2, -0.15) is 0 Å². The number of rotatable bonds is 8. The maximum atomic E-state index is 5.53. The summed E-state index contributed by atoms with van der Waals surface area (Å²) >= 11 is 0. The van der Waals surface area contributed by atoms with Gasteiger partial charge in [-0.25, -0.2) is 0 Å². The Kier molecular flexibility index (Phi) is 7.60. The van der Waals surface area contributed by atoms with Crippen molar-refractivity contribution in [2.45, 2.75) is 59.5 Å². The summed E-state index contributed by atoms with van der Waals surface area (Å²) < 4.78 is 5.53. The molecule has 0 amide bonds. The third-order valence-electron chi connectivity index (χ3n) is 3.52. The van der Waals surface area contributed by atoms with Crippen molar-refractivity contribution >= 4 is 0 Å². The van der Waals surface area contributed by atoms with E-state index in [2.05, 4.69) is 39.1 Å². The van der Waals surface area contributed by atoms with Crippen molar-refractivity contribution in [1.82, 2.24) is 5.32 Å². The molecule has 0 bridgehead atoms. The van der Waals surface area contributed by atoms with E-state index >= 15 is 0 Å². The van der Waals surface area contributed by atoms with Crippen LogP contribution in [0.15, 0.2) is 11.6 Å². The largest absolute Gasteiger partial charge is 0.379 e. The lowest BCUT2D eigenvalue weighted by atomic mass is 9.84. The van der Waals surface area contributed by atoms with E-state index < -0.39 is 0 Å². The molecule has 0 radical (unpaired) electrons. The maximum absolute atomic E-state index is 5.53. The summed E-state index contributed by atoms with van der Waals surface area (Å²) in [5, 5.41) is 3.60. The molecule has 0 aromatic rings. The Labute approximate surface area is 113 Å².